The minimum absolute atomic E-state index is 0.170. The average molecular weight is 491 g/mol. The summed E-state index contributed by atoms with van der Waals surface area (Å²) in [4.78, 5) is 11.4. The first-order valence-electron chi connectivity index (χ1n) is 12.4. The summed E-state index contributed by atoms with van der Waals surface area (Å²) in [6.07, 6.45) is 8.01. The maximum Gasteiger partial charge on any atom is 0.227 e. The van der Waals surface area contributed by atoms with Crippen molar-refractivity contribution >= 4 is 11.6 Å². The van der Waals surface area contributed by atoms with Crippen LogP contribution in [0.2, 0.25) is 0 Å². The van der Waals surface area contributed by atoms with Gasteiger partial charge in [0.2, 0.25) is 5.95 Å². The van der Waals surface area contributed by atoms with E-state index in [0.29, 0.717) is 43.6 Å². The van der Waals surface area contributed by atoms with Gasteiger partial charge in [0.1, 0.15) is 18.2 Å². The molecule has 0 unspecified atom stereocenters. The van der Waals surface area contributed by atoms with Gasteiger partial charge in [-0.2, -0.15) is 0 Å². The molecule has 5 rings (SSSR count). The highest BCUT2D eigenvalue weighted by Gasteiger charge is 2.13. The molecule has 1 N–H and O–H groups in total. The molecule has 1 aromatic heterocycles. The van der Waals surface area contributed by atoms with Crippen molar-refractivity contribution in [3.63, 3.8) is 0 Å². The van der Waals surface area contributed by atoms with Crippen molar-refractivity contribution in [3.05, 3.63) is 77.8 Å². The molecule has 2 aliphatic rings. The molecule has 1 fully saturated rings. The van der Waals surface area contributed by atoms with Crippen LogP contribution in [-0.2, 0) is 22.7 Å². The minimum Gasteiger partial charge on any atom is -0.492 e. The van der Waals surface area contributed by atoms with E-state index in [0.717, 1.165) is 42.2 Å². The van der Waals surface area contributed by atoms with Crippen LogP contribution < -0.4 is 10.1 Å². The molecule has 0 aliphatic carbocycles. The molecule has 0 saturated carbocycles. The van der Waals surface area contributed by atoms with Gasteiger partial charge in [-0.25, -0.2) is 14.4 Å². The van der Waals surface area contributed by atoms with Crippen LogP contribution in [0, 0.1) is 5.82 Å². The van der Waals surface area contributed by atoms with Crippen molar-refractivity contribution in [3.8, 4) is 17.0 Å². The van der Waals surface area contributed by atoms with Gasteiger partial charge in [-0.15, -0.1) is 0 Å². The number of aromatic nitrogens is 2. The topological polar surface area (TPSA) is 68.7 Å². The van der Waals surface area contributed by atoms with Gasteiger partial charge in [0.15, 0.2) is 0 Å². The van der Waals surface area contributed by atoms with Crippen LogP contribution in [0.1, 0.15) is 24.0 Å². The van der Waals surface area contributed by atoms with Gasteiger partial charge in [0.05, 0.1) is 32.1 Å². The van der Waals surface area contributed by atoms with E-state index in [4.69, 9.17) is 14.2 Å². The summed E-state index contributed by atoms with van der Waals surface area (Å²) < 4.78 is 32.0. The molecule has 3 heterocycles. The summed E-state index contributed by atoms with van der Waals surface area (Å²) in [6, 6.07) is 12.7. The Bertz CT molecular complexity index is 1200. The first-order valence-corrected chi connectivity index (χ1v) is 12.4. The van der Waals surface area contributed by atoms with Crippen molar-refractivity contribution < 1.29 is 18.6 Å². The lowest BCUT2D eigenvalue weighted by molar-refractivity contribution is 0.137. The molecular weight excluding hydrogens is 459 g/mol. The zero-order valence-corrected chi connectivity index (χ0v) is 20.3. The van der Waals surface area contributed by atoms with E-state index in [1.54, 1.807) is 24.4 Å². The highest BCUT2D eigenvalue weighted by Crippen LogP contribution is 2.27. The van der Waals surface area contributed by atoms with Crippen molar-refractivity contribution in [2.45, 2.75) is 26.1 Å². The van der Waals surface area contributed by atoms with Crippen molar-refractivity contribution in [2.75, 3.05) is 44.8 Å². The predicted molar refractivity (Wildman–Crippen MR) is 137 cm³/mol. The third kappa shape index (κ3) is 6.46. The summed E-state index contributed by atoms with van der Waals surface area (Å²) in [7, 11) is 0. The lowest BCUT2D eigenvalue weighted by Crippen LogP contribution is -2.25. The molecule has 0 radical (unpaired) electrons. The Morgan fingerprint density at radius 2 is 1.75 bits per heavy atom. The minimum atomic E-state index is -0.303. The molecule has 7 nitrogen and oxygen atoms in total. The van der Waals surface area contributed by atoms with Crippen LogP contribution in [0.4, 0.5) is 16.0 Å². The number of hydrogen-bond donors (Lipinski definition) is 1. The van der Waals surface area contributed by atoms with Crippen molar-refractivity contribution in [1.82, 2.24) is 14.9 Å². The van der Waals surface area contributed by atoms with E-state index in [1.165, 1.54) is 18.9 Å². The van der Waals surface area contributed by atoms with Crippen LogP contribution >= 0.6 is 0 Å². The Labute approximate surface area is 210 Å². The van der Waals surface area contributed by atoms with Crippen LogP contribution in [-0.4, -0.2) is 54.3 Å². The second-order valence-corrected chi connectivity index (χ2v) is 8.92. The number of nitrogens with zero attached hydrogens (tertiary/aromatic N) is 3. The van der Waals surface area contributed by atoms with Gasteiger partial charge >= 0.3 is 0 Å². The van der Waals surface area contributed by atoms with E-state index < -0.39 is 0 Å². The van der Waals surface area contributed by atoms with Gasteiger partial charge in [-0.3, -0.25) is 4.90 Å². The molecule has 3 aromatic rings. The normalized spacial score (nSPS) is 17.6. The number of halogens is 1. The monoisotopic (exact) mass is 490 g/mol. The van der Waals surface area contributed by atoms with Gasteiger partial charge in [0, 0.05) is 35.1 Å². The van der Waals surface area contributed by atoms with Gasteiger partial charge in [-0.1, -0.05) is 12.2 Å². The molecule has 6 bridgehead atoms. The molecule has 0 atom stereocenters. The van der Waals surface area contributed by atoms with E-state index in [-0.39, 0.29) is 12.4 Å². The van der Waals surface area contributed by atoms with E-state index in [2.05, 4.69) is 20.2 Å². The predicted octanol–water partition coefficient (Wildman–Crippen LogP) is 5.10. The summed E-state index contributed by atoms with van der Waals surface area (Å²) >= 11 is 0. The fourth-order valence-electron chi connectivity index (χ4n) is 4.37. The molecule has 0 spiro atoms. The van der Waals surface area contributed by atoms with Crippen LogP contribution in [0.15, 0.2) is 60.8 Å². The lowest BCUT2D eigenvalue weighted by Gasteiger charge is -2.17. The zero-order chi connectivity index (χ0) is 24.6. The maximum atomic E-state index is 14.3. The Balaban J connectivity index is 1.38. The third-order valence-electron chi connectivity index (χ3n) is 6.29. The smallest absolute Gasteiger partial charge is 0.227 e. The third-order valence-corrected chi connectivity index (χ3v) is 6.29. The Morgan fingerprint density at radius 3 is 2.58 bits per heavy atom. The van der Waals surface area contributed by atoms with E-state index >= 15 is 0 Å². The zero-order valence-electron chi connectivity index (χ0n) is 20.3. The molecular formula is C28H31FN4O3. The number of fused-ring (bicyclic) bond motifs is 7. The highest BCUT2D eigenvalue weighted by molar-refractivity contribution is 5.63. The first kappa shape index (κ1) is 24.4. The summed E-state index contributed by atoms with van der Waals surface area (Å²) in [5.41, 5.74) is 3.76. The van der Waals surface area contributed by atoms with Gasteiger partial charge in [-0.05, 0) is 68.4 Å². The molecule has 0 amide bonds. The van der Waals surface area contributed by atoms with Gasteiger partial charge in [0.25, 0.3) is 0 Å². The average Bonchev–Trinajstić information content (AvgIpc) is 3.41. The summed E-state index contributed by atoms with van der Waals surface area (Å²) in [5.74, 6) is 0.964. The van der Waals surface area contributed by atoms with Crippen LogP contribution in [0.3, 0.4) is 0 Å². The highest BCUT2D eigenvalue weighted by atomic mass is 19.1. The largest absolute Gasteiger partial charge is 0.492 e. The maximum absolute atomic E-state index is 14.3. The van der Waals surface area contributed by atoms with Crippen molar-refractivity contribution in [2.24, 2.45) is 0 Å². The Kier molecular flexibility index (Phi) is 8.17. The second-order valence-electron chi connectivity index (χ2n) is 8.92. The Morgan fingerprint density at radius 1 is 0.944 bits per heavy atom. The SMILES string of the molecule is Fc1ccc2cc1COC/C=C\COCc1cc(ccc1OCCN1CCCC1)Nc1nccc-2n1. The van der Waals surface area contributed by atoms with Crippen molar-refractivity contribution in [1.29, 1.82) is 0 Å². The fourth-order valence-corrected chi connectivity index (χ4v) is 4.37. The summed E-state index contributed by atoms with van der Waals surface area (Å²) in [6.45, 7) is 5.24. The fraction of sp³-hybridized carbons (Fsp3) is 0.357. The van der Waals surface area contributed by atoms with Crippen LogP contribution in [0.25, 0.3) is 11.3 Å². The van der Waals surface area contributed by atoms with E-state index in [9.17, 15) is 4.39 Å². The number of likely N-dealkylation sites (tertiary alicyclic amines) is 1. The molecule has 2 aromatic carbocycles. The number of rotatable bonds is 4. The quantitative estimate of drug-likeness (QED) is 0.510. The number of benzene rings is 2. The standard InChI is InChI=1S/C28H31FN4O3/c29-25-7-5-21-17-22(25)19-34-14-3-4-15-35-20-23-18-24(31-28-30-10-9-26(21)32-28)6-8-27(23)36-16-13-33-11-1-2-12-33/h3-10,17-18H,1-2,11-16,19-20H2,(H,30,31,32)/b4-3-. The molecule has 188 valence electrons. The first-order chi connectivity index (χ1) is 17.7. The second kappa shape index (κ2) is 12.1. The number of ether oxygens (including phenoxy) is 3. The van der Waals surface area contributed by atoms with Crippen LogP contribution in [0.5, 0.6) is 5.75 Å². The lowest BCUT2D eigenvalue weighted by atomic mass is 10.1. The number of anilines is 2. The molecule has 36 heavy (non-hydrogen) atoms. The van der Waals surface area contributed by atoms with E-state index in [1.807, 2.05) is 30.4 Å². The molecule has 1 saturated heterocycles. The number of hydrogen-bond acceptors (Lipinski definition) is 7. The van der Waals surface area contributed by atoms with Gasteiger partial charge < -0.3 is 19.5 Å². The Hall–Kier alpha value is -3.33. The number of nitrogens with one attached hydrogen (secondary N) is 1. The summed E-state index contributed by atoms with van der Waals surface area (Å²) in [5, 5.41) is 3.28. The molecule has 8 heteroatoms. The molecule has 2 aliphatic heterocycles.